The molecule has 0 aliphatic heterocycles. The monoisotopic (exact) mass is 362 g/mol. The Morgan fingerprint density at radius 2 is 2.12 bits per heavy atom. The number of fused-ring (bicyclic) bond motifs is 1. The highest BCUT2D eigenvalue weighted by molar-refractivity contribution is 5.95. The highest BCUT2D eigenvalue weighted by Gasteiger charge is 2.51. The highest BCUT2D eigenvalue weighted by atomic mass is 16.5. The van der Waals surface area contributed by atoms with Crippen LogP contribution in [0.15, 0.2) is 23.8 Å². The van der Waals surface area contributed by atoms with Crippen molar-refractivity contribution >= 4 is 11.8 Å². The zero-order valence-electron chi connectivity index (χ0n) is 16.9. The van der Waals surface area contributed by atoms with Crippen LogP contribution in [0.1, 0.15) is 59.8 Å². The zero-order valence-corrected chi connectivity index (χ0v) is 16.9. The molecule has 146 valence electrons. The SMILES string of the molecule is C=C1C(C(=O)C=C(C)CC)C(O)CC2(C)CCC(C(C)C(=O)OC)CC12. The van der Waals surface area contributed by atoms with Crippen LogP contribution >= 0.6 is 0 Å². The smallest absolute Gasteiger partial charge is 0.308 e. The van der Waals surface area contributed by atoms with E-state index in [-0.39, 0.29) is 34.9 Å². The van der Waals surface area contributed by atoms with Gasteiger partial charge in [0.25, 0.3) is 0 Å². The first kappa shape index (κ1) is 20.9. The van der Waals surface area contributed by atoms with Crippen LogP contribution in [-0.4, -0.2) is 30.1 Å². The van der Waals surface area contributed by atoms with E-state index in [0.29, 0.717) is 6.42 Å². The van der Waals surface area contributed by atoms with E-state index in [9.17, 15) is 14.7 Å². The van der Waals surface area contributed by atoms with Gasteiger partial charge in [-0.25, -0.2) is 0 Å². The standard InChI is InChI=1S/C22H34O4/c1-7-13(2)10-18(23)20-15(4)17-11-16(14(3)21(25)26-6)8-9-22(17,5)12-19(20)24/h10,14,16-17,19-20,24H,4,7-9,11-12H2,1-3,5-6H3. The predicted octanol–water partition coefficient (Wildman–Crippen LogP) is 4.08. The van der Waals surface area contributed by atoms with Gasteiger partial charge in [0.05, 0.1) is 25.0 Å². The molecule has 6 unspecified atom stereocenters. The van der Waals surface area contributed by atoms with Crippen molar-refractivity contribution < 1.29 is 19.4 Å². The number of aliphatic hydroxyl groups is 1. The molecular weight excluding hydrogens is 328 g/mol. The highest BCUT2D eigenvalue weighted by Crippen LogP contribution is 2.56. The molecule has 2 fully saturated rings. The average Bonchev–Trinajstić information content (AvgIpc) is 2.59. The second-order valence-electron chi connectivity index (χ2n) is 8.62. The van der Waals surface area contributed by atoms with Crippen LogP contribution in [0.3, 0.4) is 0 Å². The third-order valence-electron chi connectivity index (χ3n) is 6.91. The lowest BCUT2D eigenvalue weighted by Gasteiger charge is -2.52. The summed E-state index contributed by atoms with van der Waals surface area (Å²) >= 11 is 0. The summed E-state index contributed by atoms with van der Waals surface area (Å²) < 4.78 is 4.92. The van der Waals surface area contributed by atoms with Gasteiger partial charge in [0.15, 0.2) is 5.78 Å². The molecule has 4 heteroatoms. The van der Waals surface area contributed by atoms with Gasteiger partial charge in [-0.1, -0.05) is 38.5 Å². The molecule has 2 aliphatic carbocycles. The molecule has 0 aromatic rings. The molecule has 6 atom stereocenters. The molecule has 0 amide bonds. The molecule has 0 spiro atoms. The molecule has 2 aliphatic rings. The molecular formula is C22H34O4. The molecule has 1 N–H and O–H groups in total. The number of carbonyl (C=O) groups is 2. The summed E-state index contributed by atoms with van der Waals surface area (Å²) in [6, 6.07) is 0. The first-order valence-electron chi connectivity index (χ1n) is 9.80. The maximum absolute atomic E-state index is 12.8. The first-order valence-corrected chi connectivity index (χ1v) is 9.80. The molecule has 0 aromatic carbocycles. The summed E-state index contributed by atoms with van der Waals surface area (Å²) in [6.07, 6.45) is 5.14. The van der Waals surface area contributed by atoms with Gasteiger partial charge in [0, 0.05) is 0 Å². The number of rotatable bonds is 5. The van der Waals surface area contributed by atoms with Crippen molar-refractivity contribution in [1.82, 2.24) is 0 Å². The maximum Gasteiger partial charge on any atom is 0.308 e. The lowest BCUT2D eigenvalue weighted by atomic mass is 9.52. The summed E-state index contributed by atoms with van der Waals surface area (Å²) in [5.41, 5.74) is 1.81. The fourth-order valence-corrected chi connectivity index (χ4v) is 4.94. The summed E-state index contributed by atoms with van der Waals surface area (Å²) in [5, 5.41) is 10.7. The van der Waals surface area contributed by atoms with Crippen molar-refractivity contribution in [1.29, 1.82) is 0 Å². The number of hydrogen-bond donors (Lipinski definition) is 1. The molecule has 2 rings (SSSR count). The Kier molecular flexibility index (Phi) is 6.49. The third-order valence-corrected chi connectivity index (χ3v) is 6.91. The number of ether oxygens (including phenoxy) is 1. The van der Waals surface area contributed by atoms with E-state index in [1.807, 2.05) is 20.8 Å². The van der Waals surface area contributed by atoms with E-state index in [0.717, 1.165) is 36.8 Å². The minimum atomic E-state index is -0.674. The van der Waals surface area contributed by atoms with Gasteiger partial charge in [-0.05, 0) is 62.4 Å². The fourth-order valence-electron chi connectivity index (χ4n) is 4.94. The van der Waals surface area contributed by atoms with Crippen LogP contribution in [0.25, 0.3) is 0 Å². The van der Waals surface area contributed by atoms with Gasteiger partial charge in [-0.2, -0.15) is 0 Å². The zero-order chi connectivity index (χ0) is 19.6. The van der Waals surface area contributed by atoms with Gasteiger partial charge in [-0.3, -0.25) is 9.59 Å². The van der Waals surface area contributed by atoms with E-state index in [2.05, 4.69) is 13.5 Å². The van der Waals surface area contributed by atoms with Crippen LogP contribution in [0.4, 0.5) is 0 Å². The number of carbonyl (C=O) groups excluding carboxylic acids is 2. The lowest BCUT2D eigenvalue weighted by molar-refractivity contribution is -0.148. The second-order valence-corrected chi connectivity index (χ2v) is 8.62. The molecule has 2 saturated carbocycles. The Bertz CT molecular complexity index is 605. The van der Waals surface area contributed by atoms with Gasteiger partial charge < -0.3 is 9.84 Å². The summed E-state index contributed by atoms with van der Waals surface area (Å²) in [5.74, 6) is -0.499. The van der Waals surface area contributed by atoms with Gasteiger partial charge in [0.1, 0.15) is 0 Å². The van der Waals surface area contributed by atoms with Crippen LogP contribution in [0, 0.1) is 29.1 Å². The Morgan fingerprint density at radius 1 is 1.46 bits per heavy atom. The molecule has 4 nitrogen and oxygen atoms in total. The van der Waals surface area contributed by atoms with E-state index in [1.165, 1.54) is 7.11 Å². The largest absolute Gasteiger partial charge is 0.469 e. The number of esters is 1. The Hall–Kier alpha value is -1.42. The summed E-state index contributed by atoms with van der Waals surface area (Å²) in [4.78, 5) is 24.7. The average molecular weight is 363 g/mol. The quantitative estimate of drug-likeness (QED) is 0.455. The molecule has 26 heavy (non-hydrogen) atoms. The van der Waals surface area contributed by atoms with Gasteiger partial charge in [0.2, 0.25) is 0 Å². The topological polar surface area (TPSA) is 63.6 Å². The molecule has 0 heterocycles. The van der Waals surface area contributed by atoms with Crippen molar-refractivity contribution in [2.45, 2.75) is 65.9 Å². The van der Waals surface area contributed by atoms with Crippen molar-refractivity contribution in [3.8, 4) is 0 Å². The number of ketones is 1. The minimum Gasteiger partial charge on any atom is -0.469 e. The van der Waals surface area contributed by atoms with E-state index in [4.69, 9.17) is 4.74 Å². The number of aliphatic hydroxyl groups excluding tert-OH is 1. The van der Waals surface area contributed by atoms with Crippen molar-refractivity contribution in [2.75, 3.05) is 7.11 Å². The lowest BCUT2D eigenvalue weighted by Crippen LogP contribution is -2.49. The summed E-state index contributed by atoms with van der Waals surface area (Å²) in [6.45, 7) is 12.3. The van der Waals surface area contributed by atoms with Crippen LogP contribution < -0.4 is 0 Å². The Labute approximate surface area is 157 Å². The normalized spacial score (nSPS) is 36.2. The van der Waals surface area contributed by atoms with Crippen molar-refractivity contribution in [3.63, 3.8) is 0 Å². The number of methoxy groups -OCH3 is 1. The van der Waals surface area contributed by atoms with Gasteiger partial charge in [-0.15, -0.1) is 0 Å². The Morgan fingerprint density at radius 3 is 2.69 bits per heavy atom. The number of allylic oxidation sites excluding steroid dienone is 2. The van der Waals surface area contributed by atoms with E-state index >= 15 is 0 Å². The second kappa shape index (κ2) is 8.08. The van der Waals surface area contributed by atoms with E-state index < -0.39 is 12.0 Å². The first-order chi connectivity index (χ1) is 12.1. The van der Waals surface area contributed by atoms with E-state index in [1.54, 1.807) is 6.08 Å². The maximum atomic E-state index is 12.8. The van der Waals surface area contributed by atoms with Crippen LogP contribution in [-0.2, 0) is 14.3 Å². The summed E-state index contributed by atoms with van der Waals surface area (Å²) in [7, 11) is 1.43. The third kappa shape index (κ3) is 3.95. The molecule has 0 aromatic heterocycles. The molecule has 0 bridgehead atoms. The fraction of sp³-hybridized carbons (Fsp3) is 0.727. The predicted molar refractivity (Wildman–Crippen MR) is 102 cm³/mol. The van der Waals surface area contributed by atoms with Crippen molar-refractivity contribution in [2.24, 2.45) is 29.1 Å². The minimum absolute atomic E-state index is 0.0351. The molecule has 0 radical (unpaired) electrons. The molecule has 0 saturated heterocycles. The number of hydrogen-bond acceptors (Lipinski definition) is 4. The van der Waals surface area contributed by atoms with Crippen molar-refractivity contribution in [3.05, 3.63) is 23.8 Å². The van der Waals surface area contributed by atoms with Crippen LogP contribution in [0.2, 0.25) is 0 Å². The van der Waals surface area contributed by atoms with Crippen LogP contribution in [0.5, 0.6) is 0 Å². The van der Waals surface area contributed by atoms with Gasteiger partial charge >= 0.3 is 5.97 Å². The Balaban J connectivity index is 2.24.